The Labute approximate surface area is 236 Å². The number of hydrogen-bond acceptors (Lipinski definition) is 5. The van der Waals surface area contributed by atoms with Crippen molar-refractivity contribution in [3.05, 3.63) is 101 Å². The summed E-state index contributed by atoms with van der Waals surface area (Å²) in [4.78, 5) is 6.48. The number of aliphatic hydroxyl groups excluding tert-OH is 1. The quantitative estimate of drug-likeness (QED) is 0.203. The van der Waals surface area contributed by atoms with Crippen LogP contribution in [0, 0.1) is 0 Å². The first kappa shape index (κ1) is 29.1. The number of anilines is 1. The molecular weight excluding hydrogens is 519 g/mol. The van der Waals surface area contributed by atoms with Crippen LogP contribution >= 0.6 is 0 Å². The van der Waals surface area contributed by atoms with Crippen molar-refractivity contribution in [1.82, 2.24) is 4.98 Å². The maximum Gasteiger partial charge on any atom is 0.238 e. The minimum Gasteiger partial charge on any atom is -0.497 e. The Kier molecular flexibility index (Phi) is 9.17. The van der Waals surface area contributed by atoms with Gasteiger partial charge in [0.15, 0.2) is 0 Å². The fourth-order valence-corrected chi connectivity index (χ4v) is 4.96. The van der Waals surface area contributed by atoms with Crippen LogP contribution in [-0.2, 0) is 34.0 Å². The SMILES string of the molecule is CCN1\C(=C/C=N/N=C(\O)c2ccc(C(C)(C)C)cc2)C(C)(Cc2ccncc2)c2cc(OC)ccc21.[Co]. The van der Waals surface area contributed by atoms with Crippen molar-refractivity contribution in [2.45, 2.75) is 51.9 Å². The van der Waals surface area contributed by atoms with E-state index in [0.29, 0.717) is 5.56 Å². The molecule has 0 spiro atoms. The van der Waals surface area contributed by atoms with Gasteiger partial charge < -0.3 is 14.7 Å². The molecule has 1 atom stereocenters. The molecular formula is C31H36CoN4O2. The van der Waals surface area contributed by atoms with Crippen molar-refractivity contribution in [2.75, 3.05) is 18.6 Å². The molecule has 201 valence electrons. The monoisotopic (exact) mass is 555 g/mol. The summed E-state index contributed by atoms with van der Waals surface area (Å²) in [7, 11) is 1.69. The molecule has 3 aromatic rings. The Balaban J connectivity index is 0.00000400. The topological polar surface area (TPSA) is 70.3 Å². The molecule has 1 aliphatic rings. The van der Waals surface area contributed by atoms with Crippen LogP contribution in [0.5, 0.6) is 5.75 Å². The van der Waals surface area contributed by atoms with Crippen molar-refractivity contribution >= 4 is 17.8 Å². The number of allylic oxidation sites excluding steroid dienone is 2. The Bertz CT molecular complexity index is 1330. The number of methoxy groups -OCH3 is 1. The molecule has 0 fully saturated rings. The van der Waals surface area contributed by atoms with E-state index in [-0.39, 0.29) is 33.5 Å². The van der Waals surface area contributed by atoms with Gasteiger partial charge in [0.1, 0.15) is 5.75 Å². The standard InChI is InChI=1S/C31H36N4O2.Co/c1-7-35-27-13-12-25(37-6)20-26(27)31(5,21-22-14-17-32-18-15-22)28(35)16-19-33-34-29(36)23-8-10-24(11-9-23)30(2,3)4;/h8-20H,7,21H2,1-6H3,(H,34,36);/b28-16-,33-19+;. The van der Waals surface area contributed by atoms with Crippen molar-refractivity contribution < 1.29 is 26.6 Å². The fourth-order valence-electron chi connectivity index (χ4n) is 4.96. The number of hydrogen-bond donors (Lipinski definition) is 1. The van der Waals surface area contributed by atoms with Crippen LogP contribution < -0.4 is 9.64 Å². The number of likely N-dealkylation sites (N-methyl/N-ethyl adjacent to an activating group) is 1. The van der Waals surface area contributed by atoms with Gasteiger partial charge in [0.2, 0.25) is 5.90 Å². The number of fused-ring (bicyclic) bond motifs is 1. The summed E-state index contributed by atoms with van der Waals surface area (Å²) in [6.07, 6.45) is 8.10. The van der Waals surface area contributed by atoms with Crippen LogP contribution in [0.4, 0.5) is 5.69 Å². The molecule has 38 heavy (non-hydrogen) atoms. The van der Waals surface area contributed by atoms with Crippen LogP contribution in [0.3, 0.4) is 0 Å². The van der Waals surface area contributed by atoms with E-state index in [1.807, 2.05) is 48.8 Å². The molecule has 0 bridgehead atoms. The zero-order valence-electron chi connectivity index (χ0n) is 22.9. The third-order valence-electron chi connectivity index (χ3n) is 7.03. The Morgan fingerprint density at radius 1 is 1.08 bits per heavy atom. The van der Waals surface area contributed by atoms with E-state index in [1.54, 1.807) is 13.3 Å². The normalized spacial score (nSPS) is 18.5. The van der Waals surface area contributed by atoms with Gasteiger partial charge in [-0.15, -0.1) is 5.10 Å². The van der Waals surface area contributed by atoms with Crippen LogP contribution in [-0.4, -0.2) is 35.9 Å². The number of aliphatic hydroxyl groups is 1. The number of benzene rings is 2. The molecule has 7 heteroatoms. The minimum atomic E-state index is -0.318. The van der Waals surface area contributed by atoms with Gasteiger partial charge in [0.25, 0.3) is 0 Å². The molecule has 1 aliphatic heterocycles. The van der Waals surface area contributed by atoms with Gasteiger partial charge in [0, 0.05) is 58.1 Å². The van der Waals surface area contributed by atoms with Crippen molar-refractivity contribution in [1.29, 1.82) is 0 Å². The Morgan fingerprint density at radius 3 is 2.37 bits per heavy atom. The molecule has 0 saturated heterocycles. The van der Waals surface area contributed by atoms with Crippen molar-refractivity contribution in [2.24, 2.45) is 10.2 Å². The van der Waals surface area contributed by atoms with Gasteiger partial charge in [0.05, 0.1) is 13.3 Å². The van der Waals surface area contributed by atoms with Gasteiger partial charge in [-0.05, 0) is 90.9 Å². The number of aromatic nitrogens is 1. The fraction of sp³-hybridized carbons (Fsp3) is 0.323. The van der Waals surface area contributed by atoms with Gasteiger partial charge >= 0.3 is 0 Å². The summed E-state index contributed by atoms with van der Waals surface area (Å²) < 4.78 is 5.56. The molecule has 2 aromatic carbocycles. The molecule has 1 unspecified atom stereocenters. The van der Waals surface area contributed by atoms with Crippen LogP contribution in [0.15, 0.2) is 89.0 Å². The van der Waals surface area contributed by atoms with E-state index in [0.717, 1.165) is 30.1 Å². The third-order valence-corrected chi connectivity index (χ3v) is 7.03. The molecule has 4 rings (SSSR count). The van der Waals surface area contributed by atoms with E-state index in [2.05, 4.69) is 79.0 Å². The molecule has 1 aromatic heterocycles. The van der Waals surface area contributed by atoms with Crippen molar-refractivity contribution in [3.8, 4) is 5.75 Å². The molecule has 1 radical (unpaired) electrons. The molecule has 0 aliphatic carbocycles. The van der Waals surface area contributed by atoms with Crippen LogP contribution in [0.1, 0.15) is 56.9 Å². The molecule has 0 amide bonds. The number of rotatable bonds is 7. The second-order valence-electron chi connectivity index (χ2n) is 10.6. The number of pyridine rings is 1. The van der Waals surface area contributed by atoms with E-state index in [1.165, 1.54) is 16.7 Å². The summed E-state index contributed by atoms with van der Waals surface area (Å²) in [6.45, 7) is 11.7. The second-order valence-corrected chi connectivity index (χ2v) is 10.6. The summed E-state index contributed by atoms with van der Waals surface area (Å²) >= 11 is 0. The zero-order valence-corrected chi connectivity index (χ0v) is 23.9. The number of nitrogens with zero attached hydrogens (tertiary/aromatic N) is 4. The van der Waals surface area contributed by atoms with E-state index >= 15 is 0 Å². The van der Waals surface area contributed by atoms with Gasteiger partial charge in [-0.25, -0.2) is 0 Å². The average molecular weight is 556 g/mol. The van der Waals surface area contributed by atoms with E-state index < -0.39 is 0 Å². The summed E-state index contributed by atoms with van der Waals surface area (Å²) in [5.41, 5.74) is 6.23. The van der Waals surface area contributed by atoms with Gasteiger partial charge in [-0.3, -0.25) is 4.98 Å². The Morgan fingerprint density at radius 2 is 1.76 bits per heavy atom. The molecule has 6 nitrogen and oxygen atoms in total. The molecule has 0 saturated carbocycles. The van der Waals surface area contributed by atoms with Gasteiger partial charge in [-0.2, -0.15) is 5.10 Å². The Hall–Kier alpha value is -3.42. The smallest absolute Gasteiger partial charge is 0.238 e. The molecule has 2 heterocycles. The first-order valence-electron chi connectivity index (χ1n) is 12.6. The first-order valence-corrected chi connectivity index (χ1v) is 12.6. The second kappa shape index (κ2) is 12.0. The molecule has 1 N–H and O–H groups in total. The average Bonchev–Trinajstić information content (AvgIpc) is 3.12. The number of ether oxygens (including phenoxy) is 1. The zero-order chi connectivity index (χ0) is 26.6. The summed E-state index contributed by atoms with van der Waals surface area (Å²) in [6, 6.07) is 18.1. The summed E-state index contributed by atoms with van der Waals surface area (Å²) in [5, 5.41) is 18.7. The maximum atomic E-state index is 10.5. The maximum absolute atomic E-state index is 10.5. The van der Waals surface area contributed by atoms with Crippen LogP contribution in [0.25, 0.3) is 0 Å². The minimum absolute atomic E-state index is 0. The van der Waals surface area contributed by atoms with E-state index in [9.17, 15) is 5.11 Å². The summed E-state index contributed by atoms with van der Waals surface area (Å²) in [5.74, 6) is 0.721. The van der Waals surface area contributed by atoms with Crippen LogP contribution in [0.2, 0.25) is 0 Å². The van der Waals surface area contributed by atoms with Crippen molar-refractivity contribution in [3.63, 3.8) is 0 Å². The largest absolute Gasteiger partial charge is 0.497 e. The third kappa shape index (κ3) is 6.00. The van der Waals surface area contributed by atoms with Gasteiger partial charge in [-0.1, -0.05) is 32.9 Å². The predicted molar refractivity (Wildman–Crippen MR) is 152 cm³/mol. The first-order chi connectivity index (χ1) is 17.7. The van der Waals surface area contributed by atoms with E-state index in [4.69, 9.17) is 4.74 Å². The predicted octanol–water partition coefficient (Wildman–Crippen LogP) is 6.60.